The molecule has 2 atom stereocenters. The fraction of sp³-hybridized carbons (Fsp3) is 0.500. The first-order valence-corrected chi connectivity index (χ1v) is 5.90. The van der Waals surface area contributed by atoms with Gasteiger partial charge in [-0.2, -0.15) is 0 Å². The van der Waals surface area contributed by atoms with Crippen molar-refractivity contribution in [3.63, 3.8) is 0 Å². The Bertz CT molecular complexity index is 327. The molecule has 1 aromatic carbocycles. The molecule has 0 amide bonds. The highest BCUT2D eigenvalue weighted by Gasteiger charge is 2.12. The van der Waals surface area contributed by atoms with Crippen molar-refractivity contribution in [3.8, 4) is 0 Å². The van der Waals surface area contributed by atoms with Gasteiger partial charge in [0.1, 0.15) is 0 Å². The zero-order chi connectivity index (χ0) is 11.4. The van der Waals surface area contributed by atoms with Crippen LogP contribution in [0.3, 0.4) is 0 Å². The maximum absolute atomic E-state index is 5.28. The first-order chi connectivity index (χ1) is 7.06. The van der Waals surface area contributed by atoms with E-state index < -0.39 is 0 Å². The summed E-state index contributed by atoms with van der Waals surface area (Å²) in [7, 11) is 1.73. The summed E-state index contributed by atoms with van der Waals surface area (Å²) in [6.07, 6.45) is 0.198. The van der Waals surface area contributed by atoms with Crippen LogP contribution in [0.5, 0.6) is 0 Å². The number of rotatable bonds is 4. The van der Waals surface area contributed by atoms with Gasteiger partial charge in [0.25, 0.3) is 0 Å². The van der Waals surface area contributed by atoms with Crippen molar-refractivity contribution in [3.05, 3.63) is 28.2 Å². The Balaban J connectivity index is 2.76. The molecular weight excluding hydrogens is 254 g/mol. The number of hydrogen-bond acceptors (Lipinski definition) is 2. The second kappa shape index (κ2) is 5.52. The molecule has 2 unspecified atom stereocenters. The molecule has 15 heavy (non-hydrogen) atoms. The van der Waals surface area contributed by atoms with Crippen LogP contribution in [0.2, 0.25) is 0 Å². The van der Waals surface area contributed by atoms with Gasteiger partial charge >= 0.3 is 0 Å². The minimum atomic E-state index is 0.198. The number of benzene rings is 1. The fourth-order valence-corrected chi connectivity index (χ4v) is 1.70. The van der Waals surface area contributed by atoms with Gasteiger partial charge in [-0.1, -0.05) is 22.0 Å². The van der Waals surface area contributed by atoms with Crippen molar-refractivity contribution in [1.82, 2.24) is 0 Å². The Morgan fingerprint density at radius 2 is 2.00 bits per heavy atom. The van der Waals surface area contributed by atoms with Gasteiger partial charge in [0.15, 0.2) is 0 Å². The van der Waals surface area contributed by atoms with Crippen LogP contribution in [0.4, 0.5) is 5.69 Å². The number of halogens is 1. The maximum atomic E-state index is 5.28. The van der Waals surface area contributed by atoms with Crippen LogP contribution in [0.25, 0.3) is 0 Å². The molecule has 0 aliphatic heterocycles. The summed E-state index contributed by atoms with van der Waals surface area (Å²) in [6, 6.07) is 6.45. The zero-order valence-corrected chi connectivity index (χ0v) is 11.3. The van der Waals surface area contributed by atoms with Crippen LogP contribution in [-0.4, -0.2) is 19.3 Å². The summed E-state index contributed by atoms with van der Waals surface area (Å²) in [5.74, 6) is 0. The Kier molecular flexibility index (Phi) is 4.61. The highest BCUT2D eigenvalue weighted by molar-refractivity contribution is 9.10. The first-order valence-electron chi connectivity index (χ1n) is 5.10. The Morgan fingerprint density at radius 3 is 2.60 bits per heavy atom. The van der Waals surface area contributed by atoms with Crippen molar-refractivity contribution < 1.29 is 4.74 Å². The van der Waals surface area contributed by atoms with Crippen molar-refractivity contribution >= 4 is 21.6 Å². The molecule has 0 fully saturated rings. The molecule has 0 aromatic heterocycles. The first kappa shape index (κ1) is 12.5. The van der Waals surface area contributed by atoms with Crippen LogP contribution in [-0.2, 0) is 4.74 Å². The lowest BCUT2D eigenvalue weighted by Crippen LogP contribution is -2.29. The molecule has 0 saturated carbocycles. The normalized spacial score (nSPS) is 14.7. The van der Waals surface area contributed by atoms with Crippen LogP contribution in [0.15, 0.2) is 22.7 Å². The molecule has 0 spiro atoms. The van der Waals surface area contributed by atoms with Crippen molar-refractivity contribution in [1.29, 1.82) is 0 Å². The van der Waals surface area contributed by atoms with E-state index in [0.29, 0.717) is 6.04 Å². The Labute approximate surface area is 100 Å². The zero-order valence-electron chi connectivity index (χ0n) is 9.67. The van der Waals surface area contributed by atoms with Gasteiger partial charge in [0.05, 0.1) is 6.10 Å². The van der Waals surface area contributed by atoms with Crippen molar-refractivity contribution in [2.24, 2.45) is 0 Å². The minimum absolute atomic E-state index is 0.198. The Hall–Kier alpha value is -0.540. The molecule has 1 rings (SSSR count). The van der Waals surface area contributed by atoms with E-state index in [2.05, 4.69) is 48.1 Å². The molecule has 0 saturated heterocycles. The third-order valence-corrected chi connectivity index (χ3v) is 3.59. The van der Waals surface area contributed by atoms with E-state index in [1.54, 1.807) is 7.11 Å². The van der Waals surface area contributed by atoms with E-state index in [9.17, 15) is 0 Å². The third kappa shape index (κ3) is 3.21. The number of anilines is 1. The summed E-state index contributed by atoms with van der Waals surface area (Å²) in [4.78, 5) is 0. The number of methoxy groups -OCH3 is 1. The SMILES string of the molecule is COC(C)C(C)Nc1cccc(Br)c1C. The quantitative estimate of drug-likeness (QED) is 0.904. The maximum Gasteiger partial charge on any atom is 0.0741 e. The smallest absolute Gasteiger partial charge is 0.0741 e. The molecule has 3 heteroatoms. The molecular formula is C12H18BrNO. The van der Waals surface area contributed by atoms with Crippen molar-refractivity contribution in [2.75, 3.05) is 12.4 Å². The molecule has 0 radical (unpaired) electrons. The molecule has 1 N–H and O–H groups in total. The molecule has 0 bridgehead atoms. The molecule has 0 heterocycles. The van der Waals surface area contributed by atoms with Gasteiger partial charge in [0.2, 0.25) is 0 Å². The van der Waals surface area contributed by atoms with E-state index in [1.807, 2.05) is 12.1 Å². The summed E-state index contributed by atoms with van der Waals surface area (Å²) >= 11 is 3.52. The fourth-order valence-electron chi connectivity index (χ4n) is 1.33. The van der Waals surface area contributed by atoms with Crippen LogP contribution in [0.1, 0.15) is 19.4 Å². The average molecular weight is 272 g/mol. The summed E-state index contributed by atoms with van der Waals surface area (Å²) in [5, 5.41) is 3.45. The average Bonchev–Trinajstić information content (AvgIpc) is 2.23. The summed E-state index contributed by atoms with van der Waals surface area (Å²) in [5.41, 5.74) is 2.38. The largest absolute Gasteiger partial charge is 0.380 e. The monoisotopic (exact) mass is 271 g/mol. The predicted octanol–water partition coefficient (Wildman–Crippen LogP) is 3.59. The van der Waals surface area contributed by atoms with E-state index in [1.165, 1.54) is 5.56 Å². The molecule has 1 aromatic rings. The van der Waals surface area contributed by atoms with Crippen LogP contribution >= 0.6 is 15.9 Å². The highest BCUT2D eigenvalue weighted by Crippen LogP contribution is 2.24. The van der Waals surface area contributed by atoms with Gasteiger partial charge in [0, 0.05) is 23.3 Å². The molecule has 0 aliphatic carbocycles. The Morgan fingerprint density at radius 1 is 1.33 bits per heavy atom. The van der Waals surface area contributed by atoms with Gasteiger partial charge in [-0.15, -0.1) is 0 Å². The molecule has 0 aliphatic rings. The van der Waals surface area contributed by atoms with Gasteiger partial charge in [-0.25, -0.2) is 0 Å². The van der Waals surface area contributed by atoms with Crippen molar-refractivity contribution in [2.45, 2.75) is 32.9 Å². The predicted molar refractivity (Wildman–Crippen MR) is 68.4 cm³/mol. The van der Waals surface area contributed by atoms with E-state index in [-0.39, 0.29) is 6.10 Å². The lowest BCUT2D eigenvalue weighted by molar-refractivity contribution is 0.106. The van der Waals surface area contributed by atoms with Gasteiger partial charge < -0.3 is 10.1 Å². The number of hydrogen-bond donors (Lipinski definition) is 1. The van der Waals surface area contributed by atoms with Gasteiger partial charge in [-0.3, -0.25) is 0 Å². The second-order valence-corrected chi connectivity index (χ2v) is 4.64. The standard InChI is InChI=1S/C12H18BrNO/c1-8-11(13)6-5-7-12(8)14-9(2)10(3)15-4/h5-7,9-10,14H,1-4H3. The summed E-state index contributed by atoms with van der Waals surface area (Å²) < 4.78 is 6.41. The number of nitrogens with one attached hydrogen (secondary N) is 1. The second-order valence-electron chi connectivity index (χ2n) is 3.79. The van der Waals surface area contributed by atoms with E-state index in [4.69, 9.17) is 4.74 Å². The molecule has 2 nitrogen and oxygen atoms in total. The van der Waals surface area contributed by atoms with E-state index in [0.717, 1.165) is 10.2 Å². The number of ether oxygens (including phenoxy) is 1. The van der Waals surface area contributed by atoms with Gasteiger partial charge in [-0.05, 0) is 38.5 Å². The highest BCUT2D eigenvalue weighted by atomic mass is 79.9. The molecule has 84 valence electrons. The minimum Gasteiger partial charge on any atom is -0.380 e. The van der Waals surface area contributed by atoms with Crippen LogP contribution < -0.4 is 5.32 Å². The lowest BCUT2D eigenvalue weighted by atomic mass is 10.1. The topological polar surface area (TPSA) is 21.3 Å². The third-order valence-electron chi connectivity index (χ3n) is 2.73. The van der Waals surface area contributed by atoms with Crippen LogP contribution in [0, 0.1) is 6.92 Å². The lowest BCUT2D eigenvalue weighted by Gasteiger charge is -2.22. The summed E-state index contributed by atoms with van der Waals surface area (Å²) in [6.45, 7) is 6.27. The van der Waals surface area contributed by atoms with E-state index >= 15 is 0 Å².